The van der Waals surface area contributed by atoms with Crippen molar-refractivity contribution in [2.24, 2.45) is 5.73 Å². The van der Waals surface area contributed by atoms with Crippen LogP contribution in [0.15, 0.2) is 42.5 Å². The summed E-state index contributed by atoms with van der Waals surface area (Å²) in [5.41, 5.74) is 7.63. The fourth-order valence-electron chi connectivity index (χ4n) is 1.75. The average molecular weight is 292 g/mol. The molecule has 0 fully saturated rings. The van der Waals surface area contributed by atoms with Gasteiger partial charge in [-0.3, -0.25) is 0 Å². The van der Waals surface area contributed by atoms with Gasteiger partial charge in [0.1, 0.15) is 24.7 Å². The Kier molecular flexibility index (Phi) is 5.27. The molecule has 4 heteroatoms. The Bertz CT molecular complexity index is 555. The van der Waals surface area contributed by atoms with E-state index in [1.54, 1.807) is 0 Å². The van der Waals surface area contributed by atoms with E-state index in [1.807, 2.05) is 49.4 Å². The minimum Gasteiger partial charge on any atom is -0.490 e. The summed E-state index contributed by atoms with van der Waals surface area (Å²) in [6.45, 7) is 3.47. The van der Waals surface area contributed by atoms with Gasteiger partial charge in [-0.25, -0.2) is 0 Å². The third-order valence-electron chi connectivity index (χ3n) is 2.91. The van der Waals surface area contributed by atoms with Crippen molar-refractivity contribution < 1.29 is 9.47 Å². The van der Waals surface area contributed by atoms with Crippen molar-refractivity contribution in [2.45, 2.75) is 13.5 Å². The first-order valence-corrected chi connectivity index (χ1v) is 6.87. The molecule has 2 rings (SSSR count). The van der Waals surface area contributed by atoms with E-state index in [0.717, 1.165) is 27.6 Å². The van der Waals surface area contributed by atoms with Crippen LogP contribution in [0.1, 0.15) is 11.1 Å². The summed E-state index contributed by atoms with van der Waals surface area (Å²) in [5, 5.41) is 0.744. The highest BCUT2D eigenvalue weighted by Crippen LogP contribution is 2.21. The summed E-state index contributed by atoms with van der Waals surface area (Å²) in [7, 11) is 0. The molecule has 0 unspecified atom stereocenters. The average Bonchev–Trinajstić information content (AvgIpc) is 2.48. The minimum absolute atomic E-state index is 0.486. The number of halogens is 1. The molecule has 0 aliphatic heterocycles. The highest BCUT2D eigenvalue weighted by molar-refractivity contribution is 6.31. The number of nitrogens with two attached hydrogens (primary N) is 1. The lowest BCUT2D eigenvalue weighted by molar-refractivity contribution is 0.217. The largest absolute Gasteiger partial charge is 0.490 e. The standard InChI is InChI=1S/C16H18ClNO2/c1-12-10-15(6-7-16(12)17)20-9-8-19-14-4-2-13(11-18)3-5-14/h2-7,10H,8-9,11,18H2,1H3. The lowest BCUT2D eigenvalue weighted by atomic mass is 10.2. The number of aryl methyl sites for hydroxylation is 1. The van der Waals surface area contributed by atoms with Crippen LogP contribution in [0.25, 0.3) is 0 Å². The van der Waals surface area contributed by atoms with Crippen LogP contribution in [0, 0.1) is 6.92 Å². The molecule has 20 heavy (non-hydrogen) atoms. The second kappa shape index (κ2) is 7.17. The number of hydrogen-bond acceptors (Lipinski definition) is 3. The van der Waals surface area contributed by atoms with E-state index in [9.17, 15) is 0 Å². The molecule has 0 amide bonds. The molecule has 2 N–H and O–H groups in total. The van der Waals surface area contributed by atoms with Crippen LogP contribution < -0.4 is 15.2 Å². The molecule has 0 aromatic heterocycles. The fraction of sp³-hybridized carbons (Fsp3) is 0.250. The first kappa shape index (κ1) is 14.7. The van der Waals surface area contributed by atoms with Gasteiger partial charge in [0.2, 0.25) is 0 Å². The van der Waals surface area contributed by atoms with E-state index in [0.29, 0.717) is 19.8 Å². The smallest absolute Gasteiger partial charge is 0.122 e. The Morgan fingerprint density at radius 1 is 0.950 bits per heavy atom. The molecular formula is C16H18ClNO2. The summed E-state index contributed by atoms with van der Waals surface area (Å²) < 4.78 is 11.2. The maximum atomic E-state index is 5.96. The van der Waals surface area contributed by atoms with Crippen molar-refractivity contribution in [1.82, 2.24) is 0 Å². The summed E-state index contributed by atoms with van der Waals surface area (Å²) in [6.07, 6.45) is 0. The van der Waals surface area contributed by atoms with E-state index in [4.69, 9.17) is 26.8 Å². The topological polar surface area (TPSA) is 44.5 Å². The van der Waals surface area contributed by atoms with E-state index in [-0.39, 0.29) is 0 Å². The molecule has 2 aromatic rings. The molecule has 0 saturated heterocycles. The molecular weight excluding hydrogens is 274 g/mol. The van der Waals surface area contributed by atoms with Crippen molar-refractivity contribution in [3.63, 3.8) is 0 Å². The lowest BCUT2D eigenvalue weighted by Gasteiger charge is -2.09. The second-order valence-corrected chi connectivity index (χ2v) is 4.86. The van der Waals surface area contributed by atoms with Crippen molar-refractivity contribution in [2.75, 3.05) is 13.2 Å². The third-order valence-corrected chi connectivity index (χ3v) is 3.33. The zero-order valence-electron chi connectivity index (χ0n) is 11.4. The maximum absolute atomic E-state index is 5.96. The van der Waals surface area contributed by atoms with Crippen LogP contribution in [0.5, 0.6) is 11.5 Å². The molecule has 0 spiro atoms. The summed E-state index contributed by atoms with van der Waals surface area (Å²) >= 11 is 5.96. The zero-order chi connectivity index (χ0) is 14.4. The first-order valence-electron chi connectivity index (χ1n) is 6.50. The van der Waals surface area contributed by atoms with Crippen LogP contribution in [-0.4, -0.2) is 13.2 Å². The summed E-state index contributed by atoms with van der Waals surface area (Å²) in [5.74, 6) is 1.62. The Morgan fingerprint density at radius 3 is 2.15 bits per heavy atom. The first-order chi connectivity index (χ1) is 9.69. The maximum Gasteiger partial charge on any atom is 0.122 e. The van der Waals surface area contributed by atoms with Crippen molar-refractivity contribution >= 4 is 11.6 Å². The normalized spacial score (nSPS) is 10.3. The predicted molar refractivity (Wildman–Crippen MR) is 81.5 cm³/mol. The summed E-state index contributed by atoms with van der Waals surface area (Å²) in [4.78, 5) is 0. The Labute approximate surface area is 124 Å². The molecule has 0 atom stereocenters. The monoisotopic (exact) mass is 291 g/mol. The molecule has 0 radical (unpaired) electrons. The van der Waals surface area contributed by atoms with Gasteiger partial charge in [-0.1, -0.05) is 23.7 Å². The van der Waals surface area contributed by atoms with Gasteiger partial charge in [-0.2, -0.15) is 0 Å². The molecule has 0 bridgehead atoms. The summed E-state index contributed by atoms with van der Waals surface area (Å²) in [6, 6.07) is 13.3. The van der Waals surface area contributed by atoms with Gasteiger partial charge in [0.05, 0.1) is 0 Å². The lowest BCUT2D eigenvalue weighted by Crippen LogP contribution is -2.09. The van der Waals surface area contributed by atoms with Crippen LogP contribution in [0.4, 0.5) is 0 Å². The van der Waals surface area contributed by atoms with E-state index >= 15 is 0 Å². The van der Waals surface area contributed by atoms with Crippen molar-refractivity contribution in [3.05, 3.63) is 58.6 Å². The molecule has 0 aliphatic rings. The molecule has 0 heterocycles. The number of benzene rings is 2. The van der Waals surface area contributed by atoms with Crippen LogP contribution in [-0.2, 0) is 6.54 Å². The predicted octanol–water partition coefficient (Wildman–Crippen LogP) is 3.56. The van der Waals surface area contributed by atoms with Gasteiger partial charge in [0.25, 0.3) is 0 Å². The number of rotatable bonds is 6. The van der Waals surface area contributed by atoms with E-state index in [1.165, 1.54) is 0 Å². The zero-order valence-corrected chi connectivity index (χ0v) is 12.2. The Morgan fingerprint density at radius 2 is 1.55 bits per heavy atom. The van der Waals surface area contributed by atoms with Crippen LogP contribution in [0.3, 0.4) is 0 Å². The minimum atomic E-state index is 0.486. The van der Waals surface area contributed by atoms with Crippen molar-refractivity contribution in [1.29, 1.82) is 0 Å². The molecule has 0 aliphatic carbocycles. The Hall–Kier alpha value is -1.71. The van der Waals surface area contributed by atoms with Gasteiger partial charge in [0, 0.05) is 11.6 Å². The van der Waals surface area contributed by atoms with Gasteiger partial charge in [-0.15, -0.1) is 0 Å². The van der Waals surface area contributed by atoms with Gasteiger partial charge in [0.15, 0.2) is 0 Å². The third kappa shape index (κ3) is 4.15. The van der Waals surface area contributed by atoms with Crippen LogP contribution in [0.2, 0.25) is 5.02 Å². The van der Waals surface area contributed by atoms with Gasteiger partial charge < -0.3 is 15.2 Å². The quantitative estimate of drug-likeness (QED) is 0.828. The van der Waals surface area contributed by atoms with E-state index in [2.05, 4.69) is 0 Å². The van der Waals surface area contributed by atoms with Crippen LogP contribution >= 0.6 is 11.6 Å². The second-order valence-electron chi connectivity index (χ2n) is 4.46. The fourth-order valence-corrected chi connectivity index (χ4v) is 1.87. The highest BCUT2D eigenvalue weighted by Gasteiger charge is 1.99. The Balaban J connectivity index is 1.76. The van der Waals surface area contributed by atoms with Crippen molar-refractivity contribution in [3.8, 4) is 11.5 Å². The molecule has 0 saturated carbocycles. The van der Waals surface area contributed by atoms with Gasteiger partial charge >= 0.3 is 0 Å². The number of ether oxygens (including phenoxy) is 2. The SMILES string of the molecule is Cc1cc(OCCOc2ccc(CN)cc2)ccc1Cl. The molecule has 2 aromatic carbocycles. The molecule has 106 valence electrons. The van der Waals surface area contributed by atoms with Gasteiger partial charge in [-0.05, 0) is 48.4 Å². The highest BCUT2D eigenvalue weighted by atomic mass is 35.5. The number of hydrogen-bond donors (Lipinski definition) is 1. The van der Waals surface area contributed by atoms with E-state index < -0.39 is 0 Å². The molecule has 3 nitrogen and oxygen atoms in total.